The number of unbranched alkanes of at least 4 members (excludes halogenated alkanes) is 1. The highest BCUT2D eigenvalue weighted by molar-refractivity contribution is 5.74. The highest BCUT2D eigenvalue weighted by Crippen LogP contribution is 2.24. The van der Waals surface area contributed by atoms with E-state index >= 15 is 0 Å². The van der Waals surface area contributed by atoms with Gasteiger partial charge in [-0.25, -0.2) is 0 Å². The van der Waals surface area contributed by atoms with Crippen molar-refractivity contribution in [3.63, 3.8) is 0 Å². The highest BCUT2D eigenvalue weighted by Gasteiger charge is 2.22. The minimum absolute atomic E-state index is 0.0627. The lowest BCUT2D eigenvalue weighted by molar-refractivity contribution is -0.150. The molecule has 0 aromatic carbocycles. The number of esters is 2. The zero-order valence-electron chi connectivity index (χ0n) is 11.7. The van der Waals surface area contributed by atoms with Crippen molar-refractivity contribution in [2.75, 3.05) is 13.2 Å². The molecule has 0 aromatic heterocycles. The summed E-state index contributed by atoms with van der Waals surface area (Å²) in [5.74, 6) is -0.351. The van der Waals surface area contributed by atoms with Crippen molar-refractivity contribution >= 4 is 11.9 Å². The molecule has 0 saturated heterocycles. The maximum Gasteiger partial charge on any atom is 0.322 e. The van der Waals surface area contributed by atoms with Gasteiger partial charge in [0.25, 0.3) is 0 Å². The third-order valence-corrected chi connectivity index (χ3v) is 3.34. The average molecular weight is 271 g/mol. The van der Waals surface area contributed by atoms with E-state index in [0.717, 1.165) is 25.7 Å². The molecule has 0 spiro atoms. The Balaban J connectivity index is 1.98. The Kier molecular flexibility index (Phi) is 7.48. The van der Waals surface area contributed by atoms with Crippen LogP contribution < -0.4 is 5.73 Å². The molecular formula is C14H25NO4. The number of nitrogens with two attached hydrogens (primary N) is 1. The van der Waals surface area contributed by atoms with E-state index in [1.165, 1.54) is 6.42 Å². The van der Waals surface area contributed by atoms with Crippen LogP contribution in [0.5, 0.6) is 0 Å². The first-order chi connectivity index (χ1) is 9.11. The Labute approximate surface area is 114 Å². The Hall–Kier alpha value is -1.10. The van der Waals surface area contributed by atoms with Gasteiger partial charge in [-0.05, 0) is 32.6 Å². The molecule has 1 atom stereocenters. The van der Waals surface area contributed by atoms with Crippen molar-refractivity contribution in [1.82, 2.24) is 0 Å². The van der Waals surface area contributed by atoms with E-state index in [1.54, 1.807) is 6.92 Å². The van der Waals surface area contributed by atoms with E-state index in [1.807, 2.05) is 0 Å². The van der Waals surface area contributed by atoms with Crippen LogP contribution in [-0.4, -0.2) is 31.2 Å². The Morgan fingerprint density at radius 2 is 1.68 bits per heavy atom. The molecule has 0 bridgehead atoms. The smallest absolute Gasteiger partial charge is 0.322 e. The summed E-state index contributed by atoms with van der Waals surface area (Å²) in [5.41, 5.74) is 5.36. The number of carbonyl (C=O) groups is 2. The van der Waals surface area contributed by atoms with Crippen LogP contribution in [0.15, 0.2) is 0 Å². The lowest BCUT2D eigenvalue weighted by Crippen LogP contribution is -2.29. The second kappa shape index (κ2) is 8.91. The van der Waals surface area contributed by atoms with Gasteiger partial charge in [-0.3, -0.25) is 9.59 Å². The van der Waals surface area contributed by atoms with Gasteiger partial charge in [0, 0.05) is 0 Å². The van der Waals surface area contributed by atoms with Crippen LogP contribution in [0.3, 0.4) is 0 Å². The molecule has 0 aliphatic heterocycles. The van der Waals surface area contributed by atoms with Crippen molar-refractivity contribution in [3.05, 3.63) is 0 Å². The van der Waals surface area contributed by atoms with Gasteiger partial charge >= 0.3 is 11.9 Å². The van der Waals surface area contributed by atoms with Crippen molar-refractivity contribution in [2.45, 2.75) is 57.9 Å². The molecule has 0 amide bonds. The van der Waals surface area contributed by atoms with Crippen LogP contribution in [0.25, 0.3) is 0 Å². The average Bonchev–Trinajstić information content (AvgIpc) is 2.42. The Bertz CT molecular complexity index is 285. The first kappa shape index (κ1) is 16.0. The van der Waals surface area contributed by atoms with Gasteiger partial charge in [0.2, 0.25) is 0 Å². The van der Waals surface area contributed by atoms with Crippen LogP contribution in [-0.2, 0) is 19.1 Å². The molecular weight excluding hydrogens is 246 g/mol. The number of rotatable bonds is 7. The molecule has 1 rings (SSSR count). The van der Waals surface area contributed by atoms with Gasteiger partial charge < -0.3 is 15.2 Å². The molecule has 5 heteroatoms. The monoisotopic (exact) mass is 271 g/mol. The molecule has 1 aliphatic rings. The summed E-state index contributed by atoms with van der Waals surface area (Å²) in [6, 6.07) is -0.580. The quantitative estimate of drug-likeness (QED) is 0.564. The molecule has 19 heavy (non-hydrogen) atoms. The molecule has 0 aromatic rings. The van der Waals surface area contributed by atoms with Crippen LogP contribution in [0.1, 0.15) is 51.9 Å². The zero-order valence-corrected chi connectivity index (χ0v) is 11.7. The van der Waals surface area contributed by atoms with Crippen molar-refractivity contribution < 1.29 is 19.1 Å². The van der Waals surface area contributed by atoms with Crippen LogP contribution >= 0.6 is 0 Å². The highest BCUT2D eigenvalue weighted by atomic mass is 16.5. The van der Waals surface area contributed by atoms with E-state index in [-0.39, 0.29) is 17.9 Å². The summed E-state index contributed by atoms with van der Waals surface area (Å²) < 4.78 is 10.2. The summed E-state index contributed by atoms with van der Waals surface area (Å²) in [4.78, 5) is 22.8. The van der Waals surface area contributed by atoms with E-state index in [0.29, 0.717) is 26.1 Å². The van der Waals surface area contributed by atoms with Gasteiger partial charge in [-0.1, -0.05) is 19.3 Å². The Morgan fingerprint density at radius 1 is 1.11 bits per heavy atom. The van der Waals surface area contributed by atoms with E-state index < -0.39 is 6.04 Å². The van der Waals surface area contributed by atoms with Crippen molar-refractivity contribution in [3.8, 4) is 0 Å². The largest absolute Gasteiger partial charge is 0.465 e. The molecule has 1 unspecified atom stereocenters. The van der Waals surface area contributed by atoms with Crippen molar-refractivity contribution in [2.24, 2.45) is 11.7 Å². The fourth-order valence-electron chi connectivity index (χ4n) is 2.14. The first-order valence-electron chi connectivity index (χ1n) is 7.20. The molecule has 2 N–H and O–H groups in total. The second-order valence-electron chi connectivity index (χ2n) is 5.17. The molecule has 1 fully saturated rings. The standard InChI is InChI=1S/C14H25NO4/c1-11(15)13(16)18-9-5-6-10-19-14(17)12-7-3-2-4-8-12/h11-12H,2-10,15H2,1H3. The van der Waals surface area contributed by atoms with Gasteiger partial charge in [0.15, 0.2) is 0 Å². The number of carbonyl (C=O) groups excluding carboxylic acids is 2. The normalized spacial score (nSPS) is 17.8. The van der Waals surface area contributed by atoms with Gasteiger partial charge in [0.05, 0.1) is 19.1 Å². The number of hydrogen-bond acceptors (Lipinski definition) is 5. The molecule has 0 radical (unpaired) electrons. The predicted octanol–water partition coefficient (Wildman–Crippen LogP) is 1.78. The van der Waals surface area contributed by atoms with Crippen LogP contribution in [0.4, 0.5) is 0 Å². The predicted molar refractivity (Wildman–Crippen MR) is 71.4 cm³/mol. The lowest BCUT2D eigenvalue weighted by Gasteiger charge is -2.19. The zero-order chi connectivity index (χ0) is 14.1. The van der Waals surface area contributed by atoms with Gasteiger partial charge in [-0.2, -0.15) is 0 Å². The van der Waals surface area contributed by atoms with Crippen molar-refractivity contribution in [1.29, 1.82) is 0 Å². The number of hydrogen-bond donors (Lipinski definition) is 1. The van der Waals surface area contributed by atoms with Crippen LogP contribution in [0.2, 0.25) is 0 Å². The third-order valence-electron chi connectivity index (χ3n) is 3.34. The van der Waals surface area contributed by atoms with Gasteiger partial charge in [-0.15, -0.1) is 0 Å². The summed E-state index contributed by atoms with van der Waals surface area (Å²) >= 11 is 0. The molecule has 110 valence electrons. The molecule has 1 saturated carbocycles. The maximum absolute atomic E-state index is 11.7. The lowest BCUT2D eigenvalue weighted by atomic mass is 9.89. The van der Waals surface area contributed by atoms with E-state index in [4.69, 9.17) is 15.2 Å². The number of ether oxygens (including phenoxy) is 2. The maximum atomic E-state index is 11.7. The summed E-state index contributed by atoms with van der Waals surface area (Å²) in [5, 5.41) is 0. The minimum atomic E-state index is -0.580. The topological polar surface area (TPSA) is 78.6 Å². The molecule has 1 aliphatic carbocycles. The van der Waals surface area contributed by atoms with Crippen LogP contribution in [0, 0.1) is 5.92 Å². The summed E-state index contributed by atoms with van der Waals surface area (Å²) in [6.45, 7) is 2.33. The minimum Gasteiger partial charge on any atom is -0.465 e. The van der Waals surface area contributed by atoms with Gasteiger partial charge in [0.1, 0.15) is 6.04 Å². The summed E-state index contributed by atoms with van der Waals surface area (Å²) in [7, 11) is 0. The fraction of sp³-hybridized carbons (Fsp3) is 0.857. The first-order valence-corrected chi connectivity index (χ1v) is 7.20. The third kappa shape index (κ3) is 6.57. The SMILES string of the molecule is CC(N)C(=O)OCCCCOC(=O)C1CCCCC1. The molecule has 5 nitrogen and oxygen atoms in total. The fourth-order valence-corrected chi connectivity index (χ4v) is 2.14. The Morgan fingerprint density at radius 3 is 2.26 bits per heavy atom. The molecule has 0 heterocycles. The van der Waals surface area contributed by atoms with E-state index in [9.17, 15) is 9.59 Å². The second-order valence-corrected chi connectivity index (χ2v) is 5.17. The summed E-state index contributed by atoms with van der Waals surface area (Å²) in [6.07, 6.45) is 6.82. The van der Waals surface area contributed by atoms with E-state index in [2.05, 4.69) is 0 Å².